The summed E-state index contributed by atoms with van der Waals surface area (Å²) in [6.45, 7) is 7.19. The van der Waals surface area contributed by atoms with Crippen molar-refractivity contribution >= 4 is 46.3 Å². The second kappa shape index (κ2) is 15.0. The van der Waals surface area contributed by atoms with E-state index in [1.165, 1.54) is 11.1 Å². The van der Waals surface area contributed by atoms with Gasteiger partial charge in [0.05, 0.1) is 18.1 Å². The normalized spacial score (nSPS) is 15.0. The molecule has 0 spiro atoms. The molecule has 0 radical (unpaired) electrons. The van der Waals surface area contributed by atoms with Crippen molar-refractivity contribution in [1.82, 2.24) is 4.90 Å². The van der Waals surface area contributed by atoms with Crippen LogP contribution < -0.4 is 9.47 Å². The van der Waals surface area contributed by atoms with E-state index in [0.29, 0.717) is 47.7 Å². The van der Waals surface area contributed by atoms with E-state index < -0.39 is 24.5 Å². The van der Waals surface area contributed by atoms with Crippen LogP contribution in [0, 0.1) is 12.8 Å². The highest BCUT2D eigenvalue weighted by atomic mass is 32.2. The van der Waals surface area contributed by atoms with Crippen LogP contribution in [0.15, 0.2) is 77.7 Å². The Labute approximate surface area is 256 Å². The van der Waals surface area contributed by atoms with Gasteiger partial charge in [0.25, 0.3) is 5.91 Å². The number of aliphatic carboxylic acids is 1. The molecule has 1 aliphatic heterocycles. The maximum atomic E-state index is 12.9. The summed E-state index contributed by atoms with van der Waals surface area (Å²) in [5, 5.41) is 9.15. The highest BCUT2D eigenvalue weighted by Crippen LogP contribution is 2.36. The number of hydrogen-bond acceptors (Lipinski definition) is 7. The van der Waals surface area contributed by atoms with Gasteiger partial charge in [0.15, 0.2) is 11.5 Å². The molecule has 4 rings (SSSR count). The van der Waals surface area contributed by atoms with Crippen LogP contribution in [-0.4, -0.2) is 52.6 Å². The molecule has 0 aliphatic carbocycles. The minimum absolute atomic E-state index is 0.215. The lowest BCUT2D eigenvalue weighted by Gasteiger charge is -2.22. The molecule has 1 N–H and O–H groups in total. The molecule has 1 unspecified atom stereocenters. The zero-order valence-electron chi connectivity index (χ0n) is 23.9. The quantitative estimate of drug-likeness (QED) is 0.161. The van der Waals surface area contributed by atoms with E-state index in [2.05, 4.69) is 45.0 Å². The third kappa shape index (κ3) is 8.92. The molecular weight excluding hydrogens is 570 g/mol. The summed E-state index contributed by atoms with van der Waals surface area (Å²) >= 11 is 6.33. The van der Waals surface area contributed by atoms with Crippen LogP contribution in [0.1, 0.15) is 42.2 Å². The second-order valence-corrected chi connectivity index (χ2v) is 12.1. The van der Waals surface area contributed by atoms with Crippen LogP contribution in [-0.2, 0) is 20.7 Å². The van der Waals surface area contributed by atoms with Crippen molar-refractivity contribution < 1.29 is 28.9 Å². The third-order valence-electron chi connectivity index (χ3n) is 6.36. The summed E-state index contributed by atoms with van der Waals surface area (Å²) in [6.07, 6.45) is 2.03. The Balaban J connectivity index is 1.61. The first kappa shape index (κ1) is 31.3. The molecule has 42 heavy (non-hydrogen) atoms. The molecule has 3 aromatic rings. The molecule has 220 valence electrons. The Hall–Kier alpha value is -3.66. The number of carbonyl (C=O) groups is 2. The smallest absolute Gasteiger partial charge is 0.323 e. The topological polar surface area (TPSA) is 85.3 Å². The average molecular weight is 606 g/mol. The number of nitrogens with zero attached hydrogens (tertiary/aromatic N) is 1. The molecular formula is C33H35NO6S2. The van der Waals surface area contributed by atoms with Crippen LogP contribution in [0.2, 0.25) is 0 Å². The highest BCUT2D eigenvalue weighted by Gasteiger charge is 2.33. The van der Waals surface area contributed by atoms with Crippen molar-refractivity contribution in [2.24, 2.45) is 5.92 Å². The van der Waals surface area contributed by atoms with Crippen molar-refractivity contribution in [2.75, 3.05) is 26.4 Å². The van der Waals surface area contributed by atoms with Gasteiger partial charge in [0, 0.05) is 13.0 Å². The molecule has 0 saturated carbocycles. The van der Waals surface area contributed by atoms with Gasteiger partial charge in [0.1, 0.15) is 17.0 Å². The van der Waals surface area contributed by atoms with E-state index >= 15 is 0 Å². The summed E-state index contributed by atoms with van der Waals surface area (Å²) in [7, 11) is 0. The van der Waals surface area contributed by atoms with Crippen molar-refractivity contribution in [3.05, 3.63) is 100.0 Å². The molecule has 1 aliphatic rings. The number of benzene rings is 3. The van der Waals surface area contributed by atoms with Gasteiger partial charge in [-0.2, -0.15) is 0 Å². The standard InChI is InChI=1S/C33H35NO6S2/c1-22(2)20-38-21-29(26-7-5-4-6-8-26)40-28-17-25(18-30-32(37)34(19-31(35)36)33(41)42-30)13-14-27(28)39-16-15-24-11-9-23(3)10-12-24/h4-14,17-18,22,29H,15-16,19-21H2,1-3H3,(H,35,36)/b30-18-. The van der Waals surface area contributed by atoms with Crippen LogP contribution in [0.3, 0.4) is 0 Å². The van der Waals surface area contributed by atoms with Crippen molar-refractivity contribution in [3.63, 3.8) is 0 Å². The van der Waals surface area contributed by atoms with Gasteiger partial charge >= 0.3 is 5.97 Å². The van der Waals surface area contributed by atoms with E-state index in [1.807, 2.05) is 48.5 Å². The van der Waals surface area contributed by atoms with E-state index in [1.54, 1.807) is 6.08 Å². The van der Waals surface area contributed by atoms with Gasteiger partial charge in [-0.1, -0.05) is 104 Å². The number of thioether (sulfide) groups is 1. The Kier molecular flexibility index (Phi) is 11.2. The van der Waals surface area contributed by atoms with E-state index in [4.69, 9.17) is 31.5 Å². The lowest BCUT2D eigenvalue weighted by Crippen LogP contribution is -2.33. The van der Waals surface area contributed by atoms with Crippen molar-refractivity contribution in [3.8, 4) is 11.5 Å². The summed E-state index contributed by atoms with van der Waals surface area (Å²) < 4.78 is 19.0. The van der Waals surface area contributed by atoms with Crippen LogP contribution in [0.25, 0.3) is 6.08 Å². The fourth-order valence-electron chi connectivity index (χ4n) is 4.21. The summed E-state index contributed by atoms with van der Waals surface area (Å²) in [4.78, 5) is 25.5. The number of aryl methyl sites for hydroxylation is 1. The number of carbonyl (C=O) groups excluding carboxylic acids is 1. The monoisotopic (exact) mass is 605 g/mol. The lowest BCUT2D eigenvalue weighted by atomic mass is 10.1. The maximum Gasteiger partial charge on any atom is 0.323 e. The summed E-state index contributed by atoms with van der Waals surface area (Å²) in [6, 6.07) is 23.7. The molecule has 0 bridgehead atoms. The molecule has 1 saturated heterocycles. The molecule has 1 heterocycles. The molecule has 1 amide bonds. The highest BCUT2D eigenvalue weighted by molar-refractivity contribution is 8.26. The van der Waals surface area contributed by atoms with Gasteiger partial charge in [-0.3, -0.25) is 14.5 Å². The number of thiocarbonyl (C=S) groups is 1. The average Bonchev–Trinajstić information content (AvgIpc) is 3.21. The fourth-order valence-corrected chi connectivity index (χ4v) is 5.47. The second-order valence-electron chi connectivity index (χ2n) is 10.4. The first-order valence-corrected chi connectivity index (χ1v) is 15.0. The third-order valence-corrected chi connectivity index (χ3v) is 7.74. The Morgan fingerprint density at radius 2 is 1.76 bits per heavy atom. The summed E-state index contributed by atoms with van der Waals surface area (Å²) in [5.41, 5.74) is 4.04. The van der Waals surface area contributed by atoms with Gasteiger partial charge < -0.3 is 19.3 Å². The lowest BCUT2D eigenvalue weighted by molar-refractivity contribution is -0.140. The molecule has 3 aromatic carbocycles. The SMILES string of the molecule is Cc1ccc(CCOc2ccc(/C=C3\SC(=S)N(CC(=O)O)C3=O)cc2OC(COCC(C)C)c2ccccc2)cc1. The van der Waals surface area contributed by atoms with Gasteiger partial charge in [0.2, 0.25) is 0 Å². The van der Waals surface area contributed by atoms with E-state index in [9.17, 15) is 9.59 Å². The zero-order valence-corrected chi connectivity index (χ0v) is 25.6. The van der Waals surface area contributed by atoms with Gasteiger partial charge in [-0.05, 0) is 47.7 Å². The largest absolute Gasteiger partial charge is 0.489 e. The molecule has 7 nitrogen and oxygen atoms in total. The van der Waals surface area contributed by atoms with Crippen LogP contribution in [0.5, 0.6) is 11.5 Å². The van der Waals surface area contributed by atoms with Crippen molar-refractivity contribution in [2.45, 2.75) is 33.3 Å². The fraction of sp³-hybridized carbons (Fsp3) is 0.303. The molecule has 0 aromatic heterocycles. The predicted molar refractivity (Wildman–Crippen MR) is 170 cm³/mol. The summed E-state index contributed by atoms with van der Waals surface area (Å²) in [5.74, 6) is -0.0945. The maximum absolute atomic E-state index is 12.9. The minimum Gasteiger partial charge on any atom is -0.489 e. The van der Waals surface area contributed by atoms with Crippen LogP contribution in [0.4, 0.5) is 0 Å². The van der Waals surface area contributed by atoms with E-state index in [-0.39, 0.29) is 4.32 Å². The Bertz CT molecular complexity index is 1420. The molecule has 1 fully saturated rings. The minimum atomic E-state index is -1.12. The number of carboxylic acids is 1. The number of rotatable bonds is 14. The number of ether oxygens (including phenoxy) is 3. The zero-order chi connectivity index (χ0) is 30.1. The first-order chi connectivity index (χ1) is 20.2. The van der Waals surface area contributed by atoms with Crippen LogP contribution >= 0.6 is 24.0 Å². The van der Waals surface area contributed by atoms with E-state index in [0.717, 1.165) is 28.6 Å². The number of amides is 1. The Morgan fingerprint density at radius 1 is 1.02 bits per heavy atom. The number of hydrogen-bond donors (Lipinski definition) is 1. The van der Waals surface area contributed by atoms with Gasteiger partial charge in [-0.25, -0.2) is 0 Å². The first-order valence-electron chi connectivity index (χ1n) is 13.8. The Morgan fingerprint density at radius 3 is 2.45 bits per heavy atom. The predicted octanol–water partition coefficient (Wildman–Crippen LogP) is 6.70. The van der Waals surface area contributed by atoms with Crippen molar-refractivity contribution in [1.29, 1.82) is 0 Å². The molecule has 9 heteroatoms. The van der Waals surface area contributed by atoms with Gasteiger partial charge in [-0.15, -0.1) is 0 Å². The number of carboxylic acid groups (broad SMARTS) is 1. The molecule has 1 atom stereocenters.